The van der Waals surface area contributed by atoms with E-state index >= 15 is 0 Å². The molecule has 0 radical (unpaired) electrons. The van der Waals surface area contributed by atoms with Gasteiger partial charge in [-0.2, -0.15) is 13.2 Å². The molecule has 0 aromatic heterocycles. The second-order valence-electron chi connectivity index (χ2n) is 4.79. The Balaban J connectivity index is 2.31. The molecule has 0 saturated carbocycles. The first-order chi connectivity index (χ1) is 9.37. The lowest BCUT2D eigenvalue weighted by atomic mass is 10.0. The van der Waals surface area contributed by atoms with Gasteiger partial charge in [0.2, 0.25) is 0 Å². The summed E-state index contributed by atoms with van der Waals surface area (Å²) in [6.07, 6.45) is -5.27. The van der Waals surface area contributed by atoms with Crippen LogP contribution in [-0.2, 0) is 0 Å². The molecule has 20 heavy (non-hydrogen) atoms. The molecule has 1 heterocycles. The van der Waals surface area contributed by atoms with Crippen molar-refractivity contribution in [1.29, 1.82) is 0 Å². The fourth-order valence-electron chi connectivity index (χ4n) is 2.42. The van der Waals surface area contributed by atoms with Gasteiger partial charge in [0, 0.05) is 36.7 Å². The van der Waals surface area contributed by atoms with E-state index in [1.165, 1.54) is 18.2 Å². The number of hydrogen-bond acceptors (Lipinski definition) is 2. The first kappa shape index (κ1) is 15.7. The van der Waals surface area contributed by atoms with Crippen LogP contribution in [0.5, 0.6) is 0 Å². The van der Waals surface area contributed by atoms with Crippen LogP contribution >= 0.6 is 15.9 Å². The highest BCUT2D eigenvalue weighted by Gasteiger charge is 2.36. The van der Waals surface area contributed by atoms with E-state index in [1.807, 2.05) is 0 Å². The summed E-state index contributed by atoms with van der Waals surface area (Å²) >= 11 is 3.23. The average molecular weight is 355 g/mol. The van der Waals surface area contributed by atoms with Crippen molar-refractivity contribution in [3.63, 3.8) is 0 Å². The van der Waals surface area contributed by atoms with Crippen molar-refractivity contribution >= 4 is 15.9 Å². The highest BCUT2D eigenvalue weighted by molar-refractivity contribution is 9.10. The largest absolute Gasteiger partial charge is 0.390 e. The Bertz CT molecular complexity index is 458. The van der Waals surface area contributed by atoms with Gasteiger partial charge in [0.05, 0.1) is 6.42 Å². The molecular formula is C13H15BrF4N2. The van der Waals surface area contributed by atoms with Crippen LogP contribution in [0.15, 0.2) is 22.7 Å². The lowest BCUT2D eigenvalue weighted by Gasteiger charge is -2.36. The van der Waals surface area contributed by atoms with Gasteiger partial charge in [-0.3, -0.25) is 4.90 Å². The minimum absolute atomic E-state index is 0.351. The number of rotatable bonds is 3. The van der Waals surface area contributed by atoms with Crippen molar-refractivity contribution < 1.29 is 17.6 Å². The van der Waals surface area contributed by atoms with Crippen LogP contribution < -0.4 is 5.32 Å². The van der Waals surface area contributed by atoms with Gasteiger partial charge in [0.15, 0.2) is 0 Å². The maximum absolute atomic E-state index is 13.4. The molecule has 112 valence electrons. The van der Waals surface area contributed by atoms with Gasteiger partial charge in [-0.1, -0.05) is 15.9 Å². The zero-order valence-corrected chi connectivity index (χ0v) is 12.3. The molecule has 1 fully saturated rings. The summed E-state index contributed by atoms with van der Waals surface area (Å²) in [7, 11) is 0. The van der Waals surface area contributed by atoms with E-state index in [0.29, 0.717) is 36.2 Å². The van der Waals surface area contributed by atoms with Crippen LogP contribution in [0.3, 0.4) is 0 Å². The van der Waals surface area contributed by atoms with E-state index in [1.54, 1.807) is 4.90 Å². The molecule has 1 aromatic rings. The molecule has 0 unspecified atom stereocenters. The fourth-order valence-corrected chi connectivity index (χ4v) is 2.93. The summed E-state index contributed by atoms with van der Waals surface area (Å²) in [5.41, 5.74) is 0.351. The molecule has 2 nitrogen and oxygen atoms in total. The lowest BCUT2D eigenvalue weighted by molar-refractivity contribution is -0.148. The Morgan fingerprint density at radius 3 is 2.50 bits per heavy atom. The SMILES string of the molecule is Fc1ccc(Br)c([C@H](CC(F)(F)F)N2CCNCC2)c1. The summed E-state index contributed by atoms with van der Waals surface area (Å²) in [6, 6.07) is 3.01. The van der Waals surface area contributed by atoms with Gasteiger partial charge >= 0.3 is 6.18 Å². The van der Waals surface area contributed by atoms with Gasteiger partial charge in [-0.05, 0) is 23.8 Å². The highest BCUT2D eigenvalue weighted by Crippen LogP contribution is 2.37. The Labute approximate surface area is 123 Å². The van der Waals surface area contributed by atoms with E-state index in [9.17, 15) is 17.6 Å². The molecule has 2 rings (SSSR count). The van der Waals surface area contributed by atoms with E-state index in [4.69, 9.17) is 0 Å². The predicted octanol–water partition coefficient (Wildman–Crippen LogP) is 3.49. The first-order valence-electron chi connectivity index (χ1n) is 6.33. The third kappa shape index (κ3) is 4.17. The molecule has 0 bridgehead atoms. The number of halogens is 5. The van der Waals surface area contributed by atoms with E-state index < -0.39 is 24.5 Å². The summed E-state index contributed by atoms with van der Waals surface area (Å²) in [5.74, 6) is -0.523. The number of nitrogens with one attached hydrogen (secondary N) is 1. The Hall–Kier alpha value is -0.660. The number of hydrogen-bond donors (Lipinski definition) is 1. The Morgan fingerprint density at radius 2 is 1.90 bits per heavy atom. The fraction of sp³-hybridized carbons (Fsp3) is 0.538. The monoisotopic (exact) mass is 354 g/mol. The molecule has 1 aliphatic heterocycles. The van der Waals surface area contributed by atoms with E-state index in [-0.39, 0.29) is 0 Å². The topological polar surface area (TPSA) is 15.3 Å². The summed E-state index contributed by atoms with van der Waals surface area (Å²) in [4.78, 5) is 1.75. The van der Waals surface area contributed by atoms with Gasteiger partial charge < -0.3 is 5.32 Å². The van der Waals surface area contributed by atoms with Crippen molar-refractivity contribution in [3.05, 3.63) is 34.1 Å². The normalized spacial score (nSPS) is 19.1. The van der Waals surface area contributed by atoms with Crippen molar-refractivity contribution in [2.45, 2.75) is 18.6 Å². The van der Waals surface area contributed by atoms with Crippen LogP contribution in [0.1, 0.15) is 18.0 Å². The van der Waals surface area contributed by atoms with Crippen LogP contribution in [-0.4, -0.2) is 37.3 Å². The molecular weight excluding hydrogens is 340 g/mol. The molecule has 1 saturated heterocycles. The second kappa shape index (κ2) is 6.41. The molecule has 7 heteroatoms. The van der Waals surface area contributed by atoms with Gasteiger partial charge in [0.25, 0.3) is 0 Å². The van der Waals surface area contributed by atoms with Crippen LogP contribution in [0, 0.1) is 5.82 Å². The Morgan fingerprint density at radius 1 is 1.25 bits per heavy atom. The van der Waals surface area contributed by atoms with Gasteiger partial charge in [-0.25, -0.2) is 4.39 Å². The van der Waals surface area contributed by atoms with Crippen molar-refractivity contribution in [2.24, 2.45) is 0 Å². The second-order valence-corrected chi connectivity index (χ2v) is 5.64. The average Bonchev–Trinajstić information content (AvgIpc) is 2.39. The molecule has 1 aliphatic rings. The lowest BCUT2D eigenvalue weighted by Crippen LogP contribution is -2.46. The quantitative estimate of drug-likeness (QED) is 0.836. The molecule has 0 aliphatic carbocycles. The maximum atomic E-state index is 13.4. The van der Waals surface area contributed by atoms with Crippen LogP contribution in [0.25, 0.3) is 0 Å². The third-order valence-electron chi connectivity index (χ3n) is 3.33. The van der Waals surface area contributed by atoms with Crippen LogP contribution in [0.2, 0.25) is 0 Å². The highest BCUT2D eigenvalue weighted by atomic mass is 79.9. The first-order valence-corrected chi connectivity index (χ1v) is 7.12. The molecule has 1 N–H and O–H groups in total. The van der Waals surface area contributed by atoms with Crippen molar-refractivity contribution in [2.75, 3.05) is 26.2 Å². The van der Waals surface area contributed by atoms with E-state index in [2.05, 4.69) is 21.2 Å². The zero-order valence-electron chi connectivity index (χ0n) is 10.7. The number of benzene rings is 1. The number of piperazine rings is 1. The minimum Gasteiger partial charge on any atom is -0.314 e. The van der Waals surface area contributed by atoms with Gasteiger partial charge in [0.1, 0.15) is 5.82 Å². The molecule has 1 atom stereocenters. The minimum atomic E-state index is -4.29. The van der Waals surface area contributed by atoms with Gasteiger partial charge in [-0.15, -0.1) is 0 Å². The molecule has 1 aromatic carbocycles. The van der Waals surface area contributed by atoms with Crippen LogP contribution in [0.4, 0.5) is 17.6 Å². The number of nitrogens with zero attached hydrogens (tertiary/aromatic N) is 1. The maximum Gasteiger partial charge on any atom is 0.390 e. The number of alkyl halides is 3. The van der Waals surface area contributed by atoms with E-state index in [0.717, 1.165) is 0 Å². The zero-order chi connectivity index (χ0) is 14.8. The summed E-state index contributed by atoms with van der Waals surface area (Å²) < 4.78 is 52.4. The van der Waals surface area contributed by atoms with Crippen molar-refractivity contribution in [3.8, 4) is 0 Å². The smallest absolute Gasteiger partial charge is 0.314 e. The Kier molecular flexibility index (Phi) is 5.04. The molecule has 0 amide bonds. The van der Waals surface area contributed by atoms with Crippen molar-refractivity contribution in [1.82, 2.24) is 10.2 Å². The molecule has 0 spiro atoms. The standard InChI is InChI=1S/C13H15BrF4N2/c14-11-2-1-9(15)7-10(11)12(8-13(16,17)18)20-5-3-19-4-6-20/h1-2,7,12,19H,3-6,8H2/t12-/m0/s1. The third-order valence-corrected chi connectivity index (χ3v) is 4.06. The summed E-state index contributed by atoms with van der Waals surface area (Å²) in [5, 5.41) is 3.10. The predicted molar refractivity (Wildman–Crippen MR) is 72.0 cm³/mol. The summed E-state index contributed by atoms with van der Waals surface area (Å²) in [6.45, 7) is 2.32.